The molecule has 1 aromatic rings. The maximum Gasteiger partial charge on any atom is 0.271 e. The fourth-order valence-electron chi connectivity index (χ4n) is 1.64. The van der Waals surface area contributed by atoms with Gasteiger partial charge in [0, 0.05) is 12.1 Å². The Balaban J connectivity index is 3.38. The third-order valence-electron chi connectivity index (χ3n) is 2.97. The Bertz CT molecular complexity index is 677. The molecule has 0 aliphatic heterocycles. The molecule has 7 nitrogen and oxygen atoms in total. The van der Waals surface area contributed by atoms with E-state index in [2.05, 4.69) is 4.72 Å². The molecule has 20 heavy (non-hydrogen) atoms. The fraction of sp³-hybridized carbons (Fsp3) is 0.417. The van der Waals surface area contributed by atoms with Crippen molar-refractivity contribution in [3.63, 3.8) is 0 Å². The Morgan fingerprint density at radius 2 is 2.05 bits per heavy atom. The van der Waals surface area contributed by atoms with Crippen molar-refractivity contribution in [1.29, 1.82) is 5.26 Å². The van der Waals surface area contributed by atoms with Gasteiger partial charge in [-0.05, 0) is 31.4 Å². The lowest BCUT2D eigenvalue weighted by molar-refractivity contribution is -0.385. The van der Waals surface area contributed by atoms with Gasteiger partial charge in [0.2, 0.25) is 10.0 Å². The fourth-order valence-corrected chi connectivity index (χ4v) is 3.21. The van der Waals surface area contributed by atoms with Crippen LogP contribution in [0.1, 0.15) is 24.5 Å². The highest BCUT2D eigenvalue weighted by Gasteiger charge is 2.24. The summed E-state index contributed by atoms with van der Waals surface area (Å²) in [5, 5.41) is 19.6. The number of rotatable bonds is 5. The summed E-state index contributed by atoms with van der Waals surface area (Å²) in [5.41, 5.74) is 0.638. The molecule has 108 valence electrons. The summed E-state index contributed by atoms with van der Waals surface area (Å²) in [7, 11) is -3.97. The second-order valence-corrected chi connectivity index (χ2v) is 6.04. The van der Waals surface area contributed by atoms with Crippen LogP contribution in [-0.4, -0.2) is 19.4 Å². The topological polar surface area (TPSA) is 113 Å². The van der Waals surface area contributed by atoms with E-state index in [1.807, 2.05) is 6.07 Å². The number of non-ortho nitro benzene ring substituents is 1. The largest absolute Gasteiger partial charge is 0.271 e. The summed E-state index contributed by atoms with van der Waals surface area (Å²) in [6, 6.07) is 3.29. The Kier molecular flexibility index (Phi) is 4.81. The molecule has 0 saturated heterocycles. The summed E-state index contributed by atoms with van der Waals surface area (Å²) in [6.45, 7) is 4.84. The van der Waals surface area contributed by atoms with Crippen LogP contribution in [-0.2, 0) is 10.0 Å². The van der Waals surface area contributed by atoms with Crippen LogP contribution in [0.25, 0.3) is 0 Å². The Morgan fingerprint density at radius 1 is 1.45 bits per heavy atom. The summed E-state index contributed by atoms with van der Waals surface area (Å²) in [5.74, 6) is 0. The molecular weight excluding hydrogens is 282 g/mol. The number of nitro benzene ring substituents is 1. The molecule has 0 amide bonds. The van der Waals surface area contributed by atoms with Crippen LogP contribution in [0.4, 0.5) is 5.69 Å². The average molecular weight is 297 g/mol. The molecule has 1 aromatic carbocycles. The predicted molar refractivity (Wildman–Crippen MR) is 72.6 cm³/mol. The molecule has 0 heterocycles. The first-order valence-corrected chi connectivity index (χ1v) is 7.38. The van der Waals surface area contributed by atoms with Gasteiger partial charge >= 0.3 is 0 Å². The third-order valence-corrected chi connectivity index (χ3v) is 4.56. The van der Waals surface area contributed by atoms with Gasteiger partial charge in [0.15, 0.2) is 0 Å². The molecule has 0 aliphatic rings. The van der Waals surface area contributed by atoms with Crippen molar-refractivity contribution >= 4 is 15.7 Å². The molecule has 0 saturated carbocycles. The highest BCUT2D eigenvalue weighted by atomic mass is 32.2. The minimum absolute atomic E-state index is 0.169. The number of nitriles is 1. The average Bonchev–Trinajstić information content (AvgIpc) is 2.38. The Morgan fingerprint density at radius 3 is 2.50 bits per heavy atom. The molecule has 1 N–H and O–H groups in total. The van der Waals surface area contributed by atoms with Gasteiger partial charge in [-0.3, -0.25) is 10.1 Å². The molecular formula is C12H15N3O4S. The number of benzene rings is 1. The second-order valence-electron chi connectivity index (χ2n) is 4.35. The molecule has 0 fully saturated rings. The zero-order valence-electron chi connectivity index (χ0n) is 11.4. The monoisotopic (exact) mass is 297 g/mol. The standard InChI is InChI=1S/C12H15N3O4S/c1-4-10(7-13)14-20(18,19)12-6-11(15(16)17)5-8(2)9(12)3/h5-6,10,14H,4H2,1-3H3. The molecule has 0 aromatic heterocycles. The van der Waals surface area contributed by atoms with E-state index in [9.17, 15) is 18.5 Å². The van der Waals surface area contributed by atoms with Crippen LogP contribution < -0.4 is 4.72 Å². The van der Waals surface area contributed by atoms with Crippen molar-refractivity contribution in [1.82, 2.24) is 4.72 Å². The lowest BCUT2D eigenvalue weighted by Crippen LogP contribution is -2.33. The summed E-state index contributed by atoms with van der Waals surface area (Å²) >= 11 is 0. The molecule has 1 atom stereocenters. The first-order chi connectivity index (χ1) is 9.22. The van der Waals surface area contributed by atoms with E-state index in [1.165, 1.54) is 6.07 Å². The van der Waals surface area contributed by atoms with E-state index in [0.29, 0.717) is 17.5 Å². The van der Waals surface area contributed by atoms with Crippen LogP contribution in [0.5, 0.6) is 0 Å². The molecule has 1 rings (SSSR count). The number of aryl methyl sites for hydroxylation is 1. The molecule has 8 heteroatoms. The number of nitrogens with zero attached hydrogens (tertiary/aromatic N) is 2. The highest BCUT2D eigenvalue weighted by Crippen LogP contribution is 2.25. The van der Waals surface area contributed by atoms with Crippen LogP contribution in [0.15, 0.2) is 17.0 Å². The van der Waals surface area contributed by atoms with Crippen LogP contribution in [0.3, 0.4) is 0 Å². The number of hydrogen-bond acceptors (Lipinski definition) is 5. The van der Waals surface area contributed by atoms with E-state index < -0.39 is 21.0 Å². The maximum absolute atomic E-state index is 12.2. The van der Waals surface area contributed by atoms with Crippen molar-refractivity contribution < 1.29 is 13.3 Å². The Hall–Kier alpha value is -1.98. The van der Waals surface area contributed by atoms with Gasteiger partial charge in [0.1, 0.15) is 6.04 Å². The first kappa shape index (κ1) is 16.1. The van der Waals surface area contributed by atoms with Gasteiger partial charge in [0.05, 0.1) is 15.9 Å². The summed E-state index contributed by atoms with van der Waals surface area (Å²) in [6.07, 6.45) is 0.308. The normalized spacial score (nSPS) is 12.7. The number of sulfonamides is 1. The maximum atomic E-state index is 12.2. The molecule has 0 spiro atoms. The number of nitro groups is 1. The van der Waals surface area contributed by atoms with E-state index in [1.54, 1.807) is 20.8 Å². The quantitative estimate of drug-likeness (QED) is 0.657. The molecule has 0 aliphatic carbocycles. The summed E-state index contributed by atoms with van der Waals surface area (Å²) in [4.78, 5) is 10.0. The first-order valence-electron chi connectivity index (χ1n) is 5.90. The lowest BCUT2D eigenvalue weighted by atomic mass is 10.1. The SMILES string of the molecule is CCC(C#N)NS(=O)(=O)c1cc([N+](=O)[O-])cc(C)c1C. The Labute approximate surface area is 117 Å². The van der Waals surface area contributed by atoms with Crippen LogP contribution >= 0.6 is 0 Å². The smallest absolute Gasteiger partial charge is 0.258 e. The summed E-state index contributed by atoms with van der Waals surface area (Å²) < 4.78 is 26.7. The van der Waals surface area contributed by atoms with Gasteiger partial charge in [-0.1, -0.05) is 6.92 Å². The zero-order chi connectivity index (χ0) is 15.5. The van der Waals surface area contributed by atoms with Crippen LogP contribution in [0, 0.1) is 35.3 Å². The predicted octanol–water partition coefficient (Wildman–Crippen LogP) is 1.79. The van der Waals surface area contributed by atoms with Gasteiger partial charge in [-0.15, -0.1) is 0 Å². The second kappa shape index (κ2) is 5.98. The van der Waals surface area contributed by atoms with Crippen molar-refractivity contribution in [2.24, 2.45) is 0 Å². The van der Waals surface area contributed by atoms with E-state index in [-0.39, 0.29) is 10.6 Å². The van der Waals surface area contributed by atoms with Gasteiger partial charge in [-0.25, -0.2) is 8.42 Å². The number of nitrogens with one attached hydrogen (secondary N) is 1. The zero-order valence-corrected chi connectivity index (χ0v) is 12.2. The molecule has 1 unspecified atom stereocenters. The van der Waals surface area contributed by atoms with Crippen molar-refractivity contribution in [2.75, 3.05) is 0 Å². The van der Waals surface area contributed by atoms with Crippen molar-refractivity contribution in [3.8, 4) is 6.07 Å². The van der Waals surface area contributed by atoms with Crippen LogP contribution in [0.2, 0.25) is 0 Å². The molecule has 0 bridgehead atoms. The lowest BCUT2D eigenvalue weighted by Gasteiger charge is -2.13. The van der Waals surface area contributed by atoms with Crippen molar-refractivity contribution in [3.05, 3.63) is 33.4 Å². The van der Waals surface area contributed by atoms with E-state index in [4.69, 9.17) is 5.26 Å². The third kappa shape index (κ3) is 3.31. The van der Waals surface area contributed by atoms with Crippen molar-refractivity contribution in [2.45, 2.75) is 38.1 Å². The van der Waals surface area contributed by atoms with Gasteiger partial charge in [0.25, 0.3) is 5.69 Å². The van der Waals surface area contributed by atoms with Gasteiger partial charge < -0.3 is 0 Å². The van der Waals surface area contributed by atoms with E-state index >= 15 is 0 Å². The minimum atomic E-state index is -3.97. The highest BCUT2D eigenvalue weighted by molar-refractivity contribution is 7.89. The van der Waals surface area contributed by atoms with E-state index in [0.717, 1.165) is 6.07 Å². The number of hydrogen-bond donors (Lipinski definition) is 1. The minimum Gasteiger partial charge on any atom is -0.258 e. The van der Waals surface area contributed by atoms with Gasteiger partial charge in [-0.2, -0.15) is 9.98 Å². The molecule has 0 radical (unpaired) electrons.